The third-order valence-corrected chi connectivity index (χ3v) is 3.83. The van der Waals surface area contributed by atoms with Crippen LogP contribution in [0.25, 0.3) is 10.9 Å². The molecule has 7 heteroatoms. The lowest BCUT2D eigenvalue weighted by molar-refractivity contribution is 0.102. The first-order chi connectivity index (χ1) is 12.5. The van der Waals surface area contributed by atoms with Crippen LogP contribution in [0.2, 0.25) is 0 Å². The Morgan fingerprint density at radius 2 is 1.81 bits per heavy atom. The van der Waals surface area contributed by atoms with Crippen LogP contribution in [0.1, 0.15) is 23.0 Å². The molecule has 0 aliphatic rings. The highest BCUT2D eigenvalue weighted by molar-refractivity contribution is 6.06. The second-order valence-electron chi connectivity index (χ2n) is 5.73. The monoisotopic (exact) mass is 350 g/mol. The molecule has 0 spiro atoms. The van der Waals surface area contributed by atoms with E-state index in [0.29, 0.717) is 22.8 Å². The summed E-state index contributed by atoms with van der Waals surface area (Å²) in [6, 6.07) is 13.8. The molecule has 0 fully saturated rings. The van der Waals surface area contributed by atoms with Crippen LogP contribution in [-0.4, -0.2) is 29.7 Å². The van der Waals surface area contributed by atoms with Gasteiger partial charge in [-0.3, -0.25) is 4.79 Å². The smallest absolute Gasteiger partial charge is 0.410 e. The van der Waals surface area contributed by atoms with E-state index in [1.165, 1.54) is 7.05 Å². The molecule has 3 rings (SSSR count). The molecule has 0 radical (unpaired) electrons. The van der Waals surface area contributed by atoms with Crippen molar-refractivity contribution in [1.82, 2.24) is 10.3 Å². The molecule has 0 saturated carbocycles. The summed E-state index contributed by atoms with van der Waals surface area (Å²) in [5.41, 5.74) is 3.06. The van der Waals surface area contributed by atoms with Crippen LogP contribution in [0.4, 0.5) is 10.5 Å². The van der Waals surface area contributed by atoms with Crippen LogP contribution < -0.4 is 15.4 Å². The quantitative estimate of drug-likeness (QED) is 0.541. The maximum absolute atomic E-state index is 12.4. The maximum Gasteiger partial charge on any atom is 0.412 e. The third-order valence-electron chi connectivity index (χ3n) is 3.83. The number of rotatable bonds is 4. The van der Waals surface area contributed by atoms with Crippen molar-refractivity contribution in [3.8, 4) is 5.75 Å². The zero-order valence-electron chi connectivity index (χ0n) is 14.3. The van der Waals surface area contributed by atoms with Crippen molar-refractivity contribution in [3.63, 3.8) is 0 Å². The van der Waals surface area contributed by atoms with Crippen molar-refractivity contribution < 1.29 is 14.3 Å². The number of carbonyl (C=O) groups is 2. The van der Waals surface area contributed by atoms with Crippen molar-refractivity contribution in [2.24, 2.45) is 0 Å². The van der Waals surface area contributed by atoms with Crippen LogP contribution in [0.15, 0.2) is 48.5 Å². The van der Waals surface area contributed by atoms with E-state index in [-0.39, 0.29) is 5.91 Å². The molecular weight excluding hydrogens is 332 g/mol. The number of carbonyl (C=O) groups excluding carboxylic acids is 2. The standard InChI is InChI=1S/C19H18N4O3/c1-11(20)12-3-5-14(6-4-12)22-18(24)17-10-13-9-15(26-19(25)21-2)7-8-16(13)23-17/h3-10,20,23H,1-2H3,(H,21,25)(H,22,24). The first kappa shape index (κ1) is 17.2. The minimum Gasteiger partial charge on any atom is -0.410 e. The molecule has 2 amide bonds. The van der Waals surface area contributed by atoms with Gasteiger partial charge in [0.15, 0.2) is 0 Å². The number of benzene rings is 2. The molecule has 1 heterocycles. The van der Waals surface area contributed by atoms with Crippen LogP contribution >= 0.6 is 0 Å². The molecule has 4 N–H and O–H groups in total. The Kier molecular flexibility index (Phi) is 4.70. The summed E-state index contributed by atoms with van der Waals surface area (Å²) in [6.45, 7) is 1.71. The Morgan fingerprint density at radius 1 is 1.08 bits per heavy atom. The molecule has 2 aromatic carbocycles. The molecular formula is C19H18N4O3. The average Bonchev–Trinajstić information content (AvgIpc) is 3.05. The number of anilines is 1. The second-order valence-corrected chi connectivity index (χ2v) is 5.73. The van der Waals surface area contributed by atoms with Gasteiger partial charge in [-0.1, -0.05) is 12.1 Å². The van der Waals surface area contributed by atoms with E-state index in [2.05, 4.69) is 15.6 Å². The first-order valence-corrected chi connectivity index (χ1v) is 7.95. The Balaban J connectivity index is 1.77. The number of amides is 2. The summed E-state index contributed by atoms with van der Waals surface area (Å²) < 4.78 is 5.09. The van der Waals surface area contributed by atoms with Gasteiger partial charge in [-0.2, -0.15) is 0 Å². The summed E-state index contributed by atoms with van der Waals surface area (Å²) in [5.74, 6) is 0.106. The van der Waals surface area contributed by atoms with Crippen LogP contribution in [-0.2, 0) is 0 Å². The lowest BCUT2D eigenvalue weighted by atomic mass is 10.1. The molecule has 0 aliphatic carbocycles. The van der Waals surface area contributed by atoms with Crippen LogP contribution in [0, 0.1) is 5.41 Å². The van der Waals surface area contributed by atoms with Crippen LogP contribution in [0.5, 0.6) is 5.75 Å². The number of nitrogens with one attached hydrogen (secondary N) is 4. The lowest BCUT2D eigenvalue weighted by Gasteiger charge is -2.05. The highest BCUT2D eigenvalue weighted by atomic mass is 16.5. The highest BCUT2D eigenvalue weighted by Gasteiger charge is 2.11. The Bertz CT molecular complexity index is 990. The van der Waals surface area contributed by atoms with Gasteiger partial charge >= 0.3 is 6.09 Å². The molecule has 0 aliphatic heterocycles. The van der Waals surface area contributed by atoms with Crippen molar-refractivity contribution >= 4 is 34.3 Å². The number of aromatic nitrogens is 1. The fourth-order valence-electron chi connectivity index (χ4n) is 2.46. The predicted molar refractivity (Wildman–Crippen MR) is 100 cm³/mol. The summed E-state index contributed by atoms with van der Waals surface area (Å²) >= 11 is 0. The van der Waals surface area contributed by atoms with Crippen LogP contribution in [0.3, 0.4) is 0 Å². The number of hydrogen-bond donors (Lipinski definition) is 4. The number of fused-ring (bicyclic) bond motifs is 1. The average molecular weight is 350 g/mol. The topological polar surface area (TPSA) is 107 Å². The SMILES string of the molecule is CNC(=O)Oc1ccc2[nH]c(C(=O)Nc3ccc(C(C)=N)cc3)cc2c1. The van der Waals surface area contributed by atoms with Gasteiger partial charge in [0.1, 0.15) is 11.4 Å². The number of aromatic amines is 1. The maximum atomic E-state index is 12.4. The van der Waals surface area contributed by atoms with Gasteiger partial charge < -0.3 is 25.8 Å². The molecule has 0 saturated heterocycles. The first-order valence-electron chi connectivity index (χ1n) is 7.95. The van der Waals surface area contributed by atoms with Gasteiger partial charge in [0.25, 0.3) is 5.91 Å². The summed E-state index contributed by atoms with van der Waals surface area (Å²) in [6.07, 6.45) is -0.554. The number of hydrogen-bond acceptors (Lipinski definition) is 4. The van der Waals surface area contributed by atoms with E-state index < -0.39 is 6.09 Å². The molecule has 3 aromatic rings. The zero-order chi connectivity index (χ0) is 18.7. The zero-order valence-corrected chi connectivity index (χ0v) is 14.3. The van der Waals surface area contributed by atoms with Crippen molar-refractivity contribution in [2.45, 2.75) is 6.92 Å². The Morgan fingerprint density at radius 3 is 2.46 bits per heavy atom. The van der Waals surface area contributed by atoms with E-state index in [9.17, 15) is 9.59 Å². The van der Waals surface area contributed by atoms with Gasteiger partial charge in [-0.15, -0.1) is 0 Å². The molecule has 1 aromatic heterocycles. The summed E-state index contributed by atoms with van der Waals surface area (Å²) in [7, 11) is 1.48. The molecule has 0 bridgehead atoms. The summed E-state index contributed by atoms with van der Waals surface area (Å²) in [5, 5.41) is 13.5. The van der Waals surface area contributed by atoms with Crippen molar-refractivity contribution in [3.05, 3.63) is 59.8 Å². The molecule has 26 heavy (non-hydrogen) atoms. The van der Waals surface area contributed by atoms with Gasteiger partial charge in [0.2, 0.25) is 0 Å². The summed E-state index contributed by atoms with van der Waals surface area (Å²) in [4.78, 5) is 26.8. The fourth-order valence-corrected chi connectivity index (χ4v) is 2.46. The van der Waals surface area contributed by atoms with Gasteiger partial charge in [0.05, 0.1) is 0 Å². The lowest BCUT2D eigenvalue weighted by Crippen LogP contribution is -2.21. The fraction of sp³-hybridized carbons (Fsp3) is 0.105. The van der Waals surface area contributed by atoms with Gasteiger partial charge in [-0.05, 0) is 48.9 Å². The highest BCUT2D eigenvalue weighted by Crippen LogP contribution is 2.22. The van der Waals surface area contributed by atoms with E-state index in [1.807, 2.05) is 0 Å². The molecule has 7 nitrogen and oxygen atoms in total. The van der Waals surface area contributed by atoms with E-state index in [4.69, 9.17) is 10.1 Å². The van der Waals surface area contributed by atoms with Crippen molar-refractivity contribution in [1.29, 1.82) is 5.41 Å². The number of ether oxygens (including phenoxy) is 1. The second kappa shape index (κ2) is 7.10. The van der Waals surface area contributed by atoms with Crippen molar-refractivity contribution in [2.75, 3.05) is 12.4 Å². The van der Waals surface area contributed by atoms with E-state index in [0.717, 1.165) is 16.5 Å². The van der Waals surface area contributed by atoms with Gasteiger partial charge in [0, 0.05) is 29.3 Å². The molecule has 0 atom stereocenters. The predicted octanol–water partition coefficient (Wildman–Crippen LogP) is 3.53. The largest absolute Gasteiger partial charge is 0.412 e. The third kappa shape index (κ3) is 3.72. The minimum atomic E-state index is -0.554. The molecule has 132 valence electrons. The minimum absolute atomic E-state index is 0.283. The van der Waals surface area contributed by atoms with E-state index >= 15 is 0 Å². The Hall–Kier alpha value is -3.61. The molecule has 0 unspecified atom stereocenters. The Labute approximate surface area is 149 Å². The normalized spacial score (nSPS) is 10.4. The number of H-pyrrole nitrogens is 1. The van der Waals surface area contributed by atoms with E-state index in [1.54, 1.807) is 55.5 Å². The van der Waals surface area contributed by atoms with Gasteiger partial charge in [-0.25, -0.2) is 4.79 Å².